The molecule has 1 aromatic heterocycles. The van der Waals surface area contributed by atoms with Crippen molar-refractivity contribution >= 4 is 27.7 Å². The smallest absolute Gasteiger partial charge is 0.261 e. The van der Waals surface area contributed by atoms with Gasteiger partial charge < -0.3 is 15.8 Å². The molecule has 2 rings (SSSR count). The lowest BCUT2D eigenvalue weighted by atomic mass is 10.3. The summed E-state index contributed by atoms with van der Waals surface area (Å²) in [5, 5.41) is 6.65. The van der Waals surface area contributed by atoms with E-state index < -0.39 is 17.9 Å². The van der Waals surface area contributed by atoms with Crippen molar-refractivity contribution in [3.05, 3.63) is 41.0 Å². The van der Waals surface area contributed by atoms with Crippen LogP contribution in [0.5, 0.6) is 5.88 Å². The van der Waals surface area contributed by atoms with Crippen molar-refractivity contribution in [3.63, 3.8) is 0 Å². The third kappa shape index (κ3) is 4.08. The molecule has 22 heavy (non-hydrogen) atoms. The summed E-state index contributed by atoms with van der Waals surface area (Å²) in [6.45, 7) is 1.33. The number of primary amides is 1. The SMILES string of the molecule is C[C@@H](Oc1nn(-c2ccccc2)cc1Br)C(=O)NCC(N)=O. The van der Waals surface area contributed by atoms with Crippen molar-refractivity contribution in [2.75, 3.05) is 6.54 Å². The molecule has 0 spiro atoms. The van der Waals surface area contributed by atoms with Crippen LogP contribution in [-0.4, -0.2) is 34.2 Å². The van der Waals surface area contributed by atoms with Crippen LogP contribution in [0.3, 0.4) is 0 Å². The maximum absolute atomic E-state index is 11.7. The van der Waals surface area contributed by atoms with Crippen LogP contribution in [0.15, 0.2) is 41.0 Å². The summed E-state index contributed by atoms with van der Waals surface area (Å²) in [5.41, 5.74) is 5.83. The van der Waals surface area contributed by atoms with Crippen LogP contribution in [0.4, 0.5) is 0 Å². The second kappa shape index (κ2) is 7.08. The molecule has 0 aliphatic carbocycles. The van der Waals surface area contributed by atoms with Gasteiger partial charge in [-0.05, 0) is 35.0 Å². The first-order valence-electron chi connectivity index (χ1n) is 6.50. The van der Waals surface area contributed by atoms with Gasteiger partial charge in [0.15, 0.2) is 6.10 Å². The zero-order valence-corrected chi connectivity index (χ0v) is 13.4. The summed E-state index contributed by atoms with van der Waals surface area (Å²) in [6, 6.07) is 9.49. The highest BCUT2D eigenvalue weighted by molar-refractivity contribution is 9.10. The lowest BCUT2D eigenvalue weighted by Crippen LogP contribution is -2.40. The van der Waals surface area contributed by atoms with Gasteiger partial charge in [0.2, 0.25) is 11.8 Å². The fourth-order valence-corrected chi connectivity index (χ4v) is 2.04. The number of nitrogens with one attached hydrogen (secondary N) is 1. The normalized spacial score (nSPS) is 11.7. The Balaban J connectivity index is 2.06. The lowest BCUT2D eigenvalue weighted by Gasteiger charge is -2.12. The first kappa shape index (κ1) is 16.0. The van der Waals surface area contributed by atoms with E-state index in [2.05, 4.69) is 26.3 Å². The molecule has 3 N–H and O–H groups in total. The van der Waals surface area contributed by atoms with Gasteiger partial charge in [-0.25, -0.2) is 4.68 Å². The molecule has 0 aliphatic rings. The standard InChI is InChI=1S/C14H15BrN4O3/c1-9(13(21)17-7-12(16)20)22-14-11(15)8-19(18-14)10-5-3-2-4-6-10/h2-6,8-9H,7H2,1H3,(H2,16,20)(H,17,21)/t9-/m1/s1. The zero-order chi connectivity index (χ0) is 16.1. The number of rotatable bonds is 6. The Hall–Kier alpha value is -2.35. The lowest BCUT2D eigenvalue weighted by molar-refractivity contribution is -0.129. The fraction of sp³-hybridized carbons (Fsp3) is 0.214. The molecular weight excluding hydrogens is 352 g/mol. The Morgan fingerprint density at radius 3 is 2.73 bits per heavy atom. The van der Waals surface area contributed by atoms with E-state index >= 15 is 0 Å². The third-order valence-corrected chi connectivity index (χ3v) is 3.30. The minimum Gasteiger partial charge on any atom is -0.463 e. The molecule has 1 heterocycles. The predicted molar refractivity (Wildman–Crippen MR) is 83.6 cm³/mol. The summed E-state index contributed by atoms with van der Waals surface area (Å²) in [6.07, 6.45) is 0.924. The number of nitrogens with two attached hydrogens (primary N) is 1. The van der Waals surface area contributed by atoms with Crippen LogP contribution in [-0.2, 0) is 9.59 Å². The number of carbonyl (C=O) groups excluding carboxylic acids is 2. The van der Waals surface area contributed by atoms with Crippen LogP contribution in [0.2, 0.25) is 0 Å². The molecule has 1 atom stereocenters. The van der Waals surface area contributed by atoms with E-state index in [0.717, 1.165) is 5.69 Å². The largest absolute Gasteiger partial charge is 0.463 e. The molecule has 7 nitrogen and oxygen atoms in total. The van der Waals surface area contributed by atoms with E-state index in [1.54, 1.807) is 17.8 Å². The monoisotopic (exact) mass is 366 g/mol. The third-order valence-electron chi connectivity index (χ3n) is 2.75. The van der Waals surface area contributed by atoms with Crippen LogP contribution >= 0.6 is 15.9 Å². The van der Waals surface area contributed by atoms with Crippen LogP contribution < -0.4 is 15.8 Å². The van der Waals surface area contributed by atoms with Gasteiger partial charge in [0, 0.05) is 6.20 Å². The highest BCUT2D eigenvalue weighted by atomic mass is 79.9. The van der Waals surface area contributed by atoms with Crippen molar-refractivity contribution in [3.8, 4) is 11.6 Å². The number of hydrogen-bond donors (Lipinski definition) is 2. The van der Waals surface area contributed by atoms with E-state index in [9.17, 15) is 9.59 Å². The summed E-state index contributed by atoms with van der Waals surface area (Å²) in [4.78, 5) is 22.4. The predicted octanol–water partition coefficient (Wildman–Crippen LogP) is 1.00. The Morgan fingerprint density at radius 1 is 1.41 bits per heavy atom. The molecule has 0 saturated heterocycles. The molecule has 0 radical (unpaired) electrons. The Morgan fingerprint density at radius 2 is 2.09 bits per heavy atom. The van der Waals surface area contributed by atoms with Gasteiger partial charge in [-0.1, -0.05) is 18.2 Å². The van der Waals surface area contributed by atoms with Crippen molar-refractivity contribution in [2.45, 2.75) is 13.0 Å². The minimum atomic E-state index is -0.810. The maximum atomic E-state index is 11.7. The highest BCUT2D eigenvalue weighted by Gasteiger charge is 2.18. The molecule has 2 aromatic rings. The quantitative estimate of drug-likeness (QED) is 0.796. The Bertz CT molecular complexity index is 672. The molecule has 0 aliphatic heterocycles. The number of halogens is 1. The van der Waals surface area contributed by atoms with E-state index in [-0.39, 0.29) is 12.4 Å². The molecular formula is C14H15BrN4O3. The molecule has 0 unspecified atom stereocenters. The van der Waals surface area contributed by atoms with Crippen LogP contribution in [0.1, 0.15) is 6.92 Å². The van der Waals surface area contributed by atoms with E-state index in [0.29, 0.717) is 4.47 Å². The molecule has 116 valence electrons. The number of hydrogen-bond acceptors (Lipinski definition) is 4. The average Bonchev–Trinajstić information content (AvgIpc) is 2.86. The molecule has 1 aromatic carbocycles. The number of carbonyl (C=O) groups is 2. The van der Waals surface area contributed by atoms with Gasteiger partial charge in [-0.15, -0.1) is 5.10 Å². The molecule has 0 fully saturated rings. The second-order valence-electron chi connectivity index (χ2n) is 4.51. The fourth-order valence-electron chi connectivity index (χ4n) is 1.67. The summed E-state index contributed by atoms with van der Waals surface area (Å²) >= 11 is 3.34. The topological polar surface area (TPSA) is 99.2 Å². The summed E-state index contributed by atoms with van der Waals surface area (Å²) in [7, 11) is 0. The van der Waals surface area contributed by atoms with Gasteiger partial charge in [-0.3, -0.25) is 9.59 Å². The number of aromatic nitrogens is 2. The number of amides is 2. The first-order chi connectivity index (χ1) is 10.5. The number of nitrogens with zero attached hydrogens (tertiary/aromatic N) is 2. The van der Waals surface area contributed by atoms with Gasteiger partial charge in [0.05, 0.1) is 16.7 Å². The molecule has 0 saturated carbocycles. The van der Waals surface area contributed by atoms with Crippen molar-refractivity contribution < 1.29 is 14.3 Å². The summed E-state index contributed by atoms with van der Waals surface area (Å²) in [5.74, 6) is -0.777. The first-order valence-corrected chi connectivity index (χ1v) is 7.30. The molecule has 8 heteroatoms. The van der Waals surface area contributed by atoms with Crippen molar-refractivity contribution in [1.29, 1.82) is 0 Å². The zero-order valence-electron chi connectivity index (χ0n) is 11.8. The van der Waals surface area contributed by atoms with Gasteiger partial charge in [0.1, 0.15) is 0 Å². The Labute approximate surface area is 135 Å². The van der Waals surface area contributed by atoms with E-state index in [1.807, 2.05) is 30.3 Å². The van der Waals surface area contributed by atoms with E-state index in [1.165, 1.54) is 0 Å². The highest BCUT2D eigenvalue weighted by Crippen LogP contribution is 2.25. The van der Waals surface area contributed by atoms with Crippen LogP contribution in [0.25, 0.3) is 5.69 Å². The molecule has 2 amide bonds. The number of ether oxygens (including phenoxy) is 1. The van der Waals surface area contributed by atoms with Crippen molar-refractivity contribution in [1.82, 2.24) is 15.1 Å². The minimum absolute atomic E-state index is 0.230. The van der Waals surface area contributed by atoms with Crippen molar-refractivity contribution in [2.24, 2.45) is 5.73 Å². The maximum Gasteiger partial charge on any atom is 0.261 e. The second-order valence-corrected chi connectivity index (χ2v) is 5.36. The molecule has 0 bridgehead atoms. The summed E-state index contributed by atoms with van der Waals surface area (Å²) < 4.78 is 7.75. The van der Waals surface area contributed by atoms with Gasteiger partial charge >= 0.3 is 0 Å². The average molecular weight is 367 g/mol. The van der Waals surface area contributed by atoms with Gasteiger partial charge in [0.25, 0.3) is 5.91 Å². The number of benzene rings is 1. The van der Waals surface area contributed by atoms with Crippen LogP contribution in [0, 0.1) is 0 Å². The Kier molecular flexibility index (Phi) is 5.16. The number of para-hydroxylation sites is 1. The van der Waals surface area contributed by atoms with Gasteiger partial charge in [-0.2, -0.15) is 0 Å². The van der Waals surface area contributed by atoms with E-state index in [4.69, 9.17) is 10.5 Å².